The van der Waals surface area contributed by atoms with Crippen LogP contribution in [0, 0.1) is 5.41 Å². The monoisotopic (exact) mass is 286 g/mol. The average Bonchev–Trinajstić information content (AvgIpc) is 3.12. The second-order valence-corrected chi connectivity index (χ2v) is 6.10. The highest BCUT2D eigenvalue weighted by molar-refractivity contribution is 5.77. The third-order valence-corrected chi connectivity index (χ3v) is 4.65. The number of hydrogen-bond donors (Lipinski definition) is 0. The zero-order chi connectivity index (χ0) is 14.3. The van der Waals surface area contributed by atoms with Crippen molar-refractivity contribution in [3.8, 4) is 0 Å². The van der Waals surface area contributed by atoms with E-state index < -0.39 is 0 Å². The van der Waals surface area contributed by atoms with Gasteiger partial charge in [0.2, 0.25) is 5.91 Å². The van der Waals surface area contributed by atoms with Gasteiger partial charge in [-0.3, -0.25) is 9.20 Å². The lowest BCUT2D eigenvalue weighted by molar-refractivity contribution is -0.138. The summed E-state index contributed by atoms with van der Waals surface area (Å²) in [5, 5.41) is 8.38. The molecule has 0 unspecified atom stereocenters. The molecule has 2 aliphatic rings. The summed E-state index contributed by atoms with van der Waals surface area (Å²) in [6.45, 7) is 2.88. The first-order valence-corrected chi connectivity index (χ1v) is 7.40. The molecule has 0 bridgehead atoms. The van der Waals surface area contributed by atoms with Gasteiger partial charge in [-0.05, 0) is 25.0 Å². The average molecular weight is 286 g/mol. The number of hydrogen-bond acceptors (Lipinski definition) is 4. The molecule has 0 N–H and O–H groups in total. The molecule has 2 fully saturated rings. The van der Waals surface area contributed by atoms with Gasteiger partial charge in [-0.1, -0.05) is 6.07 Å². The van der Waals surface area contributed by atoms with Crippen LogP contribution in [0.25, 0.3) is 5.65 Å². The number of piperidine rings is 1. The van der Waals surface area contributed by atoms with E-state index in [0.29, 0.717) is 13.0 Å². The molecule has 2 aromatic rings. The first kappa shape index (κ1) is 12.8. The minimum Gasteiger partial charge on any atom is -0.381 e. The Balaban J connectivity index is 1.59. The van der Waals surface area contributed by atoms with Crippen LogP contribution >= 0.6 is 0 Å². The van der Waals surface area contributed by atoms with Gasteiger partial charge in [-0.2, -0.15) is 0 Å². The molecule has 0 saturated carbocycles. The summed E-state index contributed by atoms with van der Waals surface area (Å²) in [6.07, 6.45) is 4.55. The largest absolute Gasteiger partial charge is 0.381 e. The van der Waals surface area contributed by atoms with Crippen LogP contribution in [0.5, 0.6) is 0 Å². The van der Waals surface area contributed by atoms with Crippen molar-refractivity contribution in [3.63, 3.8) is 0 Å². The highest BCUT2D eigenvalue weighted by Crippen LogP contribution is 2.38. The van der Waals surface area contributed by atoms with Gasteiger partial charge in [-0.25, -0.2) is 0 Å². The predicted octanol–water partition coefficient (Wildman–Crippen LogP) is 1.26. The van der Waals surface area contributed by atoms with Crippen LogP contribution in [0.4, 0.5) is 0 Å². The van der Waals surface area contributed by atoms with E-state index in [-0.39, 0.29) is 11.3 Å². The van der Waals surface area contributed by atoms with Crippen LogP contribution in [-0.2, 0) is 16.1 Å². The van der Waals surface area contributed by atoms with Crippen molar-refractivity contribution in [3.05, 3.63) is 30.2 Å². The molecular weight excluding hydrogens is 268 g/mol. The molecule has 1 spiro atoms. The molecule has 1 atom stereocenters. The smallest absolute Gasteiger partial charge is 0.223 e. The van der Waals surface area contributed by atoms with Crippen LogP contribution in [0.1, 0.15) is 25.1 Å². The lowest BCUT2D eigenvalue weighted by Gasteiger charge is -2.38. The van der Waals surface area contributed by atoms with Gasteiger partial charge in [0.15, 0.2) is 11.5 Å². The lowest BCUT2D eigenvalue weighted by Crippen LogP contribution is -2.46. The van der Waals surface area contributed by atoms with Crippen LogP contribution in [0.2, 0.25) is 0 Å². The highest BCUT2D eigenvalue weighted by Gasteiger charge is 2.41. The molecule has 21 heavy (non-hydrogen) atoms. The van der Waals surface area contributed by atoms with Crippen LogP contribution in [0.15, 0.2) is 24.4 Å². The molecule has 6 nitrogen and oxygen atoms in total. The molecule has 1 amide bonds. The van der Waals surface area contributed by atoms with Crippen molar-refractivity contribution >= 4 is 11.6 Å². The number of aromatic nitrogens is 3. The number of rotatable bonds is 2. The second kappa shape index (κ2) is 4.80. The number of amides is 1. The summed E-state index contributed by atoms with van der Waals surface area (Å²) < 4.78 is 7.50. The Hall–Kier alpha value is -1.95. The van der Waals surface area contributed by atoms with E-state index in [0.717, 1.165) is 44.1 Å². The van der Waals surface area contributed by atoms with Crippen molar-refractivity contribution in [2.75, 3.05) is 19.8 Å². The fourth-order valence-electron chi connectivity index (χ4n) is 3.39. The lowest BCUT2D eigenvalue weighted by atomic mass is 9.79. The van der Waals surface area contributed by atoms with Crippen molar-refractivity contribution in [2.45, 2.75) is 25.8 Å². The highest BCUT2D eigenvalue weighted by atomic mass is 16.5. The van der Waals surface area contributed by atoms with E-state index in [1.54, 1.807) is 0 Å². The molecule has 110 valence electrons. The summed E-state index contributed by atoms with van der Waals surface area (Å²) in [6, 6.07) is 5.80. The topological polar surface area (TPSA) is 59.7 Å². The van der Waals surface area contributed by atoms with E-state index in [1.807, 2.05) is 33.7 Å². The Morgan fingerprint density at radius 1 is 1.29 bits per heavy atom. The molecule has 4 rings (SSSR count). The Kier molecular flexibility index (Phi) is 2.92. The molecule has 2 aliphatic heterocycles. The Labute approximate surface area is 122 Å². The van der Waals surface area contributed by atoms with E-state index in [2.05, 4.69) is 10.2 Å². The summed E-state index contributed by atoms with van der Waals surface area (Å²) in [4.78, 5) is 14.1. The standard InChI is InChI=1S/C15H18N4O2/c20-14-4-5-15(6-8-21-11-15)10-18(14)9-13-17-16-12-3-1-2-7-19(12)13/h1-3,7H,4-6,8-11H2/t15-/m1/s1. The quantitative estimate of drug-likeness (QED) is 0.834. The van der Waals surface area contributed by atoms with Gasteiger partial charge in [0, 0.05) is 31.2 Å². The van der Waals surface area contributed by atoms with Gasteiger partial charge in [0.05, 0.1) is 13.2 Å². The number of carbonyl (C=O) groups is 1. The molecule has 0 aliphatic carbocycles. The summed E-state index contributed by atoms with van der Waals surface area (Å²) in [7, 11) is 0. The number of fused-ring (bicyclic) bond motifs is 1. The van der Waals surface area contributed by atoms with Crippen molar-refractivity contribution in [2.24, 2.45) is 5.41 Å². The van der Waals surface area contributed by atoms with E-state index in [4.69, 9.17) is 4.74 Å². The number of carbonyl (C=O) groups excluding carboxylic acids is 1. The first-order chi connectivity index (χ1) is 10.3. The van der Waals surface area contributed by atoms with Gasteiger partial charge in [-0.15, -0.1) is 10.2 Å². The number of nitrogens with zero attached hydrogens (tertiary/aromatic N) is 4. The molecule has 0 aromatic carbocycles. The van der Waals surface area contributed by atoms with E-state index >= 15 is 0 Å². The van der Waals surface area contributed by atoms with Gasteiger partial charge in [0.1, 0.15) is 0 Å². The van der Waals surface area contributed by atoms with Crippen LogP contribution < -0.4 is 0 Å². The van der Waals surface area contributed by atoms with Crippen molar-refractivity contribution < 1.29 is 9.53 Å². The molecule has 6 heteroatoms. The fraction of sp³-hybridized carbons (Fsp3) is 0.533. The molecule has 4 heterocycles. The summed E-state index contributed by atoms with van der Waals surface area (Å²) in [5.41, 5.74) is 0.977. The normalized spacial score (nSPS) is 26.1. The Morgan fingerprint density at radius 2 is 2.24 bits per heavy atom. The molecular formula is C15H18N4O2. The summed E-state index contributed by atoms with van der Waals surface area (Å²) >= 11 is 0. The Morgan fingerprint density at radius 3 is 3.10 bits per heavy atom. The van der Waals surface area contributed by atoms with Crippen LogP contribution in [-0.4, -0.2) is 45.2 Å². The second-order valence-electron chi connectivity index (χ2n) is 6.10. The van der Waals surface area contributed by atoms with Crippen molar-refractivity contribution in [1.29, 1.82) is 0 Å². The van der Waals surface area contributed by atoms with Gasteiger partial charge in [0.25, 0.3) is 0 Å². The zero-order valence-electron chi connectivity index (χ0n) is 11.9. The maximum absolute atomic E-state index is 12.2. The SMILES string of the molecule is O=C1CC[C@@]2(CCOC2)CN1Cc1nnc2ccccn12. The Bertz CT molecular complexity index is 675. The number of likely N-dealkylation sites (tertiary alicyclic amines) is 1. The molecule has 2 aromatic heterocycles. The number of ether oxygens (including phenoxy) is 1. The third kappa shape index (κ3) is 2.19. The zero-order valence-corrected chi connectivity index (χ0v) is 11.9. The minimum absolute atomic E-state index is 0.161. The van der Waals surface area contributed by atoms with Crippen molar-refractivity contribution in [1.82, 2.24) is 19.5 Å². The minimum atomic E-state index is 0.161. The maximum atomic E-state index is 12.2. The predicted molar refractivity (Wildman–Crippen MR) is 75.5 cm³/mol. The van der Waals surface area contributed by atoms with E-state index in [1.165, 1.54) is 0 Å². The number of pyridine rings is 1. The summed E-state index contributed by atoms with van der Waals surface area (Å²) in [5.74, 6) is 1.02. The third-order valence-electron chi connectivity index (χ3n) is 4.65. The first-order valence-electron chi connectivity index (χ1n) is 7.40. The maximum Gasteiger partial charge on any atom is 0.223 e. The molecule has 2 saturated heterocycles. The van der Waals surface area contributed by atoms with Gasteiger partial charge >= 0.3 is 0 Å². The fourth-order valence-corrected chi connectivity index (χ4v) is 3.39. The molecule has 0 radical (unpaired) electrons. The van der Waals surface area contributed by atoms with Gasteiger partial charge < -0.3 is 9.64 Å². The van der Waals surface area contributed by atoms with E-state index in [9.17, 15) is 4.79 Å². The van der Waals surface area contributed by atoms with Crippen LogP contribution in [0.3, 0.4) is 0 Å².